The van der Waals surface area contributed by atoms with Crippen molar-refractivity contribution >= 4 is 72.7 Å². The molecule has 2 saturated heterocycles. The van der Waals surface area contributed by atoms with Gasteiger partial charge in [0.05, 0.1) is 29.5 Å². The van der Waals surface area contributed by atoms with E-state index in [1.807, 2.05) is 13.1 Å². The summed E-state index contributed by atoms with van der Waals surface area (Å²) in [5, 5.41) is 8.40. The first-order valence-corrected chi connectivity index (χ1v) is 24.1. The molecule has 2 aromatic carbocycles. The molecular weight excluding hydrogens is 842 g/mol. The molecule has 2 saturated carbocycles. The van der Waals surface area contributed by atoms with Crippen molar-refractivity contribution in [1.29, 1.82) is 0 Å². The summed E-state index contributed by atoms with van der Waals surface area (Å²) in [6, 6.07) is 12.6. The Morgan fingerprint density at radius 2 is 1.68 bits per heavy atom. The number of hydrogen-bond donors (Lipinski definition) is 3. The van der Waals surface area contributed by atoms with Crippen molar-refractivity contribution < 1.29 is 22.7 Å². The lowest BCUT2D eigenvalue weighted by atomic mass is 9.85. The number of benzene rings is 2. The summed E-state index contributed by atoms with van der Waals surface area (Å²) < 4.78 is 37.1. The summed E-state index contributed by atoms with van der Waals surface area (Å²) in [6.45, 7) is 5.85. The lowest BCUT2D eigenvalue weighted by Gasteiger charge is -2.36. The predicted octanol–water partition coefficient (Wildman–Crippen LogP) is 7.34. The molecule has 2 aliphatic carbocycles. The van der Waals surface area contributed by atoms with Gasteiger partial charge in [0.25, 0.3) is 5.56 Å². The number of nitrogens with one attached hydrogen (secondary N) is 3. The molecule has 5 heterocycles. The van der Waals surface area contributed by atoms with Crippen molar-refractivity contribution in [2.75, 3.05) is 49.5 Å². The summed E-state index contributed by atoms with van der Waals surface area (Å²) in [6.07, 6.45) is 15.8. The molecule has 332 valence electrons. The van der Waals surface area contributed by atoms with Gasteiger partial charge in [0.15, 0.2) is 0 Å². The van der Waals surface area contributed by atoms with E-state index < -0.39 is 16.1 Å². The Bertz CT molecular complexity index is 2690. The van der Waals surface area contributed by atoms with Crippen LogP contribution in [0.4, 0.5) is 22.1 Å². The summed E-state index contributed by atoms with van der Waals surface area (Å²) >= 11 is 6.29. The molecule has 0 unspecified atom stereocenters. The van der Waals surface area contributed by atoms with E-state index in [1.54, 1.807) is 46.1 Å². The van der Waals surface area contributed by atoms with Gasteiger partial charge >= 0.3 is 6.03 Å². The number of carbonyl (C=O) groups excluding carboxylic acids is 2. The van der Waals surface area contributed by atoms with Crippen LogP contribution < -0.4 is 25.8 Å². The van der Waals surface area contributed by atoms with Crippen LogP contribution in [-0.4, -0.2) is 90.2 Å². The molecule has 15 nitrogen and oxygen atoms in total. The van der Waals surface area contributed by atoms with Crippen molar-refractivity contribution in [2.24, 2.45) is 5.92 Å². The number of fused-ring (bicyclic) bond motifs is 2. The molecule has 0 atom stereocenters. The van der Waals surface area contributed by atoms with Crippen LogP contribution in [0.25, 0.3) is 21.8 Å². The summed E-state index contributed by atoms with van der Waals surface area (Å²) in [4.78, 5) is 55.1. The molecule has 3 amide bonds. The number of urea groups is 1. The Morgan fingerprint density at radius 3 is 2.44 bits per heavy atom. The van der Waals surface area contributed by atoms with Gasteiger partial charge in [-0.15, -0.1) is 0 Å². The average molecular weight is 897 g/mol. The van der Waals surface area contributed by atoms with Gasteiger partial charge in [-0.3, -0.25) is 29.4 Å². The fraction of sp³-hybridized carbons (Fsp3) is 0.478. The molecule has 3 N–H and O–H groups in total. The Morgan fingerprint density at radius 1 is 0.889 bits per heavy atom. The van der Waals surface area contributed by atoms with Gasteiger partial charge < -0.3 is 15.0 Å². The van der Waals surface area contributed by atoms with E-state index in [4.69, 9.17) is 21.3 Å². The SMILES string of the molecule is Cc1cc(S(=O)(=O)NCCO[C@H]2CC[C@H](CN3CCC(c4ccc5c(N6CCC(=O)NC6=O)cncc5c4)CC3)CC2)ccc1Nc1ncc2cc(Cl)c(=O)n(C3CCCC3)c2n1. The number of pyridine rings is 2. The van der Waals surface area contributed by atoms with Gasteiger partial charge in [-0.25, -0.2) is 22.9 Å². The lowest BCUT2D eigenvalue weighted by molar-refractivity contribution is -0.120. The molecule has 4 aliphatic rings. The third-order valence-corrected chi connectivity index (χ3v) is 15.1. The molecule has 9 rings (SSSR count). The first kappa shape index (κ1) is 43.3. The number of aromatic nitrogens is 4. The Kier molecular flexibility index (Phi) is 12.8. The topological polar surface area (TPSA) is 181 Å². The summed E-state index contributed by atoms with van der Waals surface area (Å²) in [7, 11) is -3.77. The maximum Gasteiger partial charge on any atom is 0.328 e. The van der Waals surface area contributed by atoms with E-state index in [2.05, 4.69) is 48.4 Å². The molecule has 0 spiro atoms. The van der Waals surface area contributed by atoms with Crippen LogP contribution in [0.1, 0.15) is 93.7 Å². The maximum atomic E-state index is 13.3. The number of carbonyl (C=O) groups is 2. The van der Waals surface area contributed by atoms with Gasteiger partial charge in [0.2, 0.25) is 21.9 Å². The van der Waals surface area contributed by atoms with E-state index in [-0.39, 0.29) is 46.5 Å². The highest BCUT2D eigenvalue weighted by Crippen LogP contribution is 2.36. The second-order valence-corrected chi connectivity index (χ2v) is 19.7. The number of amides is 3. The minimum Gasteiger partial charge on any atom is -0.377 e. The van der Waals surface area contributed by atoms with E-state index in [0.717, 1.165) is 100 Å². The highest BCUT2D eigenvalue weighted by molar-refractivity contribution is 7.89. The number of ether oxygens (including phenoxy) is 1. The number of piperidine rings is 1. The van der Waals surface area contributed by atoms with Gasteiger partial charge in [0, 0.05) is 66.3 Å². The van der Waals surface area contributed by atoms with Crippen LogP contribution in [0.3, 0.4) is 0 Å². The van der Waals surface area contributed by atoms with Crippen LogP contribution in [0, 0.1) is 12.8 Å². The number of likely N-dealkylation sites (tertiary alicyclic amines) is 1. The molecule has 4 fully saturated rings. The van der Waals surface area contributed by atoms with Gasteiger partial charge in [0.1, 0.15) is 10.7 Å². The second-order valence-electron chi connectivity index (χ2n) is 17.6. The van der Waals surface area contributed by atoms with E-state index in [0.29, 0.717) is 53.2 Å². The molecule has 2 aliphatic heterocycles. The van der Waals surface area contributed by atoms with Gasteiger partial charge in [-0.2, -0.15) is 4.98 Å². The van der Waals surface area contributed by atoms with Crippen LogP contribution in [-0.2, 0) is 19.6 Å². The zero-order chi connectivity index (χ0) is 43.7. The van der Waals surface area contributed by atoms with Crippen molar-refractivity contribution in [2.45, 2.75) is 101 Å². The molecule has 0 bridgehead atoms. The molecule has 17 heteroatoms. The monoisotopic (exact) mass is 895 g/mol. The van der Waals surface area contributed by atoms with Gasteiger partial charge in [-0.05, 0) is 125 Å². The number of halogens is 1. The molecule has 63 heavy (non-hydrogen) atoms. The number of aryl methyl sites for hydroxylation is 1. The maximum absolute atomic E-state index is 13.3. The molecule has 0 radical (unpaired) electrons. The summed E-state index contributed by atoms with van der Waals surface area (Å²) in [5.41, 5.74) is 3.66. The number of rotatable bonds is 13. The number of nitrogens with zero attached hydrogens (tertiary/aromatic N) is 6. The van der Waals surface area contributed by atoms with E-state index in [9.17, 15) is 22.8 Å². The first-order chi connectivity index (χ1) is 30.5. The first-order valence-electron chi connectivity index (χ1n) is 22.3. The van der Waals surface area contributed by atoms with Crippen LogP contribution >= 0.6 is 11.6 Å². The standard InChI is InChI=1S/C46H54ClN9O6S/c1-29-22-37(11-13-40(29)51-45-49-26-34-24-39(47)44(58)56(43(34)53-45)35-4-2-3-5-35)63(60,61)50-17-21-62-36-9-6-30(7-10-36)28-54-18-14-31(15-19-54)32-8-12-38-33(23-32)25-48-27-41(38)55-20-16-42(57)52-46(55)59/h8,11-13,22-27,30-31,35-36,50H,2-7,9-10,14-21,28H2,1H3,(H,49,51,53)(H,52,57,59)/t30-,36-. The van der Waals surface area contributed by atoms with E-state index in [1.165, 1.54) is 5.56 Å². The second kappa shape index (κ2) is 18.6. The quantitative estimate of drug-likeness (QED) is 0.101. The number of imide groups is 1. The average Bonchev–Trinajstić information content (AvgIpc) is 3.82. The normalized spacial score (nSPS) is 20.8. The summed E-state index contributed by atoms with van der Waals surface area (Å²) in [5.74, 6) is 1.15. The highest BCUT2D eigenvalue weighted by atomic mass is 35.5. The molecule has 5 aromatic rings. The number of anilines is 3. The smallest absolute Gasteiger partial charge is 0.328 e. The Balaban J connectivity index is 0.706. The van der Waals surface area contributed by atoms with Crippen molar-refractivity contribution in [3.05, 3.63) is 87.6 Å². The minimum atomic E-state index is -3.77. The van der Waals surface area contributed by atoms with Crippen LogP contribution in [0.15, 0.2) is 70.7 Å². The Labute approximate surface area is 372 Å². The van der Waals surface area contributed by atoms with E-state index >= 15 is 0 Å². The lowest BCUT2D eigenvalue weighted by Crippen LogP contribution is -2.49. The number of sulfonamides is 1. The zero-order valence-electron chi connectivity index (χ0n) is 35.5. The highest BCUT2D eigenvalue weighted by Gasteiger charge is 2.29. The molecular formula is C46H54ClN9O6S. The zero-order valence-corrected chi connectivity index (χ0v) is 37.1. The van der Waals surface area contributed by atoms with Crippen LogP contribution in [0.5, 0.6) is 0 Å². The minimum absolute atomic E-state index is 0.0435. The van der Waals surface area contributed by atoms with Crippen molar-refractivity contribution in [1.82, 2.24) is 34.5 Å². The largest absolute Gasteiger partial charge is 0.377 e. The fourth-order valence-electron chi connectivity index (χ4n) is 9.93. The predicted molar refractivity (Wildman–Crippen MR) is 243 cm³/mol. The fourth-order valence-corrected chi connectivity index (χ4v) is 11.2. The van der Waals surface area contributed by atoms with Crippen molar-refractivity contribution in [3.8, 4) is 0 Å². The number of hydrogen-bond acceptors (Lipinski definition) is 11. The third-order valence-electron chi connectivity index (χ3n) is 13.4. The molecule has 3 aromatic heterocycles. The van der Waals surface area contributed by atoms with Crippen LogP contribution in [0.2, 0.25) is 5.02 Å². The van der Waals surface area contributed by atoms with Gasteiger partial charge in [-0.1, -0.05) is 36.6 Å². The van der Waals surface area contributed by atoms with Crippen molar-refractivity contribution in [3.63, 3.8) is 0 Å². The third kappa shape index (κ3) is 9.60. The Hall–Kier alpha value is -5.00.